The van der Waals surface area contributed by atoms with Crippen LogP contribution in [0, 0.1) is 17.2 Å². The van der Waals surface area contributed by atoms with Crippen LogP contribution in [0.1, 0.15) is 43.0 Å². The number of ether oxygens (including phenoxy) is 3. The van der Waals surface area contributed by atoms with Crippen molar-refractivity contribution in [2.75, 3.05) is 25.6 Å². The molecule has 0 radical (unpaired) electrons. The highest BCUT2D eigenvalue weighted by Gasteiger charge is 2.47. The Morgan fingerprint density at radius 3 is 2.36 bits per heavy atom. The highest BCUT2D eigenvalue weighted by Crippen LogP contribution is 2.39. The number of carboxylic acid groups (broad SMARTS) is 1. The number of anilines is 1. The van der Waals surface area contributed by atoms with Crippen molar-refractivity contribution < 1.29 is 59.7 Å². The fourth-order valence-electron chi connectivity index (χ4n) is 5.02. The van der Waals surface area contributed by atoms with Gasteiger partial charge in [0.2, 0.25) is 5.91 Å². The zero-order valence-electron chi connectivity index (χ0n) is 23.6. The number of benzene rings is 2. The summed E-state index contributed by atoms with van der Waals surface area (Å²) in [6.07, 6.45) is 0.882. The summed E-state index contributed by atoms with van der Waals surface area (Å²) in [5.41, 5.74) is -6.77. The second kappa shape index (κ2) is 12.6. The van der Waals surface area contributed by atoms with E-state index in [0.717, 1.165) is 24.3 Å². The van der Waals surface area contributed by atoms with Gasteiger partial charge in [0.05, 0.1) is 54.3 Å². The summed E-state index contributed by atoms with van der Waals surface area (Å²) in [5.74, 6) is -4.63. The number of rotatable bonds is 9. The molecule has 2 aromatic carbocycles. The standard InChI is InChI=1S/C28H30F4N2O9S/c1-27(26(37)38)8-6-16(7-9-27)43-23-11-18(22(41-2)12-20(23)29)24(35)34-21-14-42-13-19(21)25(36)33-15-4-3-5-17(10-15)44(39,40)28(30,31)32/h3-5,10-12,16,19,21H,6-9,13-14H2,1-2H3,(H,33,36)(H,34,35)(H,37,38)/t16-,19-,21+,27+/m1/s1. The van der Waals surface area contributed by atoms with Gasteiger partial charge in [0, 0.05) is 11.8 Å². The first-order chi connectivity index (χ1) is 20.6. The van der Waals surface area contributed by atoms with Gasteiger partial charge in [0.15, 0.2) is 11.6 Å². The van der Waals surface area contributed by atoms with Gasteiger partial charge in [0.1, 0.15) is 5.75 Å². The number of hydrogen-bond acceptors (Lipinski definition) is 8. The van der Waals surface area contributed by atoms with E-state index >= 15 is 0 Å². The Morgan fingerprint density at radius 2 is 1.75 bits per heavy atom. The van der Waals surface area contributed by atoms with E-state index in [2.05, 4.69) is 10.6 Å². The van der Waals surface area contributed by atoms with Crippen LogP contribution in [0.25, 0.3) is 0 Å². The highest BCUT2D eigenvalue weighted by atomic mass is 32.2. The summed E-state index contributed by atoms with van der Waals surface area (Å²) in [4.78, 5) is 36.7. The molecule has 240 valence electrons. The number of halogens is 4. The van der Waals surface area contributed by atoms with Crippen molar-refractivity contribution in [1.29, 1.82) is 0 Å². The molecule has 1 heterocycles. The van der Waals surface area contributed by atoms with Gasteiger partial charge in [-0.1, -0.05) is 6.07 Å². The number of methoxy groups -OCH3 is 1. The van der Waals surface area contributed by atoms with Gasteiger partial charge < -0.3 is 30.0 Å². The highest BCUT2D eigenvalue weighted by molar-refractivity contribution is 7.92. The van der Waals surface area contributed by atoms with E-state index in [1.165, 1.54) is 13.2 Å². The lowest BCUT2D eigenvalue weighted by molar-refractivity contribution is -0.150. The minimum atomic E-state index is -5.65. The van der Waals surface area contributed by atoms with Gasteiger partial charge >= 0.3 is 11.5 Å². The predicted molar refractivity (Wildman–Crippen MR) is 145 cm³/mol. The molecular weight excluding hydrogens is 616 g/mol. The average Bonchev–Trinajstić information content (AvgIpc) is 3.42. The van der Waals surface area contributed by atoms with Crippen molar-refractivity contribution in [3.05, 3.63) is 47.8 Å². The fourth-order valence-corrected chi connectivity index (χ4v) is 5.83. The maximum absolute atomic E-state index is 14.9. The van der Waals surface area contributed by atoms with Gasteiger partial charge in [-0.05, 0) is 56.9 Å². The first kappa shape index (κ1) is 33.0. The zero-order chi connectivity index (χ0) is 32.4. The first-order valence-corrected chi connectivity index (χ1v) is 14.9. The van der Waals surface area contributed by atoms with Crippen LogP contribution in [0.5, 0.6) is 11.5 Å². The van der Waals surface area contributed by atoms with E-state index in [4.69, 9.17) is 14.2 Å². The molecule has 2 atom stereocenters. The molecule has 0 unspecified atom stereocenters. The van der Waals surface area contributed by atoms with E-state index in [0.29, 0.717) is 31.7 Å². The van der Waals surface area contributed by atoms with Gasteiger partial charge in [-0.2, -0.15) is 13.2 Å². The van der Waals surface area contributed by atoms with Crippen LogP contribution in [0.3, 0.4) is 0 Å². The van der Waals surface area contributed by atoms with Crippen LogP contribution in [-0.2, 0) is 24.2 Å². The van der Waals surface area contributed by atoms with Crippen LogP contribution in [-0.4, -0.2) is 69.3 Å². The molecule has 16 heteroatoms. The molecule has 0 spiro atoms. The smallest absolute Gasteiger partial charge is 0.496 e. The Bertz CT molecular complexity index is 1540. The van der Waals surface area contributed by atoms with Crippen LogP contribution < -0.4 is 20.1 Å². The molecule has 2 aliphatic rings. The summed E-state index contributed by atoms with van der Waals surface area (Å²) in [6.45, 7) is 1.37. The lowest BCUT2D eigenvalue weighted by Crippen LogP contribution is -2.44. The summed E-state index contributed by atoms with van der Waals surface area (Å²) in [5, 5.41) is 14.4. The van der Waals surface area contributed by atoms with Crippen molar-refractivity contribution in [2.45, 2.75) is 55.2 Å². The number of carbonyl (C=O) groups is 3. The van der Waals surface area contributed by atoms with Crippen molar-refractivity contribution in [1.82, 2.24) is 5.32 Å². The Labute approximate surface area is 249 Å². The second-order valence-electron chi connectivity index (χ2n) is 10.9. The minimum Gasteiger partial charge on any atom is -0.496 e. The van der Waals surface area contributed by atoms with E-state index in [1.54, 1.807) is 6.92 Å². The third-order valence-electron chi connectivity index (χ3n) is 7.80. The van der Waals surface area contributed by atoms with E-state index in [-0.39, 0.29) is 36.0 Å². The number of nitrogens with one attached hydrogen (secondary N) is 2. The lowest BCUT2D eigenvalue weighted by Gasteiger charge is -2.34. The van der Waals surface area contributed by atoms with Crippen molar-refractivity contribution in [3.8, 4) is 11.5 Å². The Kier molecular flexibility index (Phi) is 9.44. The van der Waals surface area contributed by atoms with Crippen LogP contribution in [0.2, 0.25) is 0 Å². The molecule has 2 fully saturated rings. The van der Waals surface area contributed by atoms with Crippen LogP contribution >= 0.6 is 0 Å². The molecule has 0 bridgehead atoms. The quantitative estimate of drug-likeness (QED) is 0.344. The molecule has 44 heavy (non-hydrogen) atoms. The van der Waals surface area contributed by atoms with Gasteiger partial charge in [0.25, 0.3) is 15.7 Å². The molecule has 3 N–H and O–H groups in total. The largest absolute Gasteiger partial charge is 0.501 e. The summed E-state index contributed by atoms with van der Waals surface area (Å²) in [6, 6.07) is 4.85. The SMILES string of the molecule is COc1cc(F)c(O[C@H]2CC[C@@](C)(C(=O)O)CC2)cc1C(=O)N[C@H]1COC[C@H]1C(=O)Nc1cccc(S(=O)(=O)C(F)(F)F)c1. The average molecular weight is 647 g/mol. The number of carbonyl (C=O) groups excluding carboxylic acids is 2. The molecule has 1 saturated heterocycles. The second-order valence-corrected chi connectivity index (χ2v) is 12.8. The number of aliphatic carboxylic acids is 1. The van der Waals surface area contributed by atoms with E-state index in [1.807, 2.05) is 0 Å². The number of amides is 2. The molecule has 4 rings (SSSR count). The number of carboxylic acids is 1. The first-order valence-electron chi connectivity index (χ1n) is 13.4. The normalized spacial score (nSPS) is 23.9. The Balaban J connectivity index is 1.46. The summed E-state index contributed by atoms with van der Waals surface area (Å²) in [7, 11) is -4.42. The molecule has 11 nitrogen and oxygen atoms in total. The molecule has 0 aromatic heterocycles. The number of hydrogen-bond donors (Lipinski definition) is 3. The van der Waals surface area contributed by atoms with Crippen LogP contribution in [0.15, 0.2) is 41.3 Å². The molecule has 2 aromatic rings. The molecule has 1 saturated carbocycles. The molecule has 1 aliphatic heterocycles. The Hall–Kier alpha value is -3.92. The molecule has 2 amide bonds. The number of alkyl halides is 3. The summed E-state index contributed by atoms with van der Waals surface area (Å²) >= 11 is 0. The third kappa shape index (κ3) is 6.90. The Morgan fingerprint density at radius 1 is 1.07 bits per heavy atom. The molecule has 1 aliphatic carbocycles. The topological polar surface area (TPSA) is 157 Å². The fraction of sp³-hybridized carbons (Fsp3) is 0.464. The van der Waals surface area contributed by atoms with Crippen molar-refractivity contribution >= 4 is 33.3 Å². The summed E-state index contributed by atoms with van der Waals surface area (Å²) < 4.78 is 93.5. The maximum Gasteiger partial charge on any atom is 0.501 e. The lowest BCUT2D eigenvalue weighted by atomic mass is 9.75. The zero-order valence-corrected chi connectivity index (χ0v) is 24.4. The monoisotopic (exact) mass is 646 g/mol. The predicted octanol–water partition coefficient (Wildman–Crippen LogP) is 3.92. The van der Waals surface area contributed by atoms with E-state index < -0.39 is 67.3 Å². The van der Waals surface area contributed by atoms with E-state index in [9.17, 15) is 45.5 Å². The van der Waals surface area contributed by atoms with Gasteiger partial charge in [-0.15, -0.1) is 0 Å². The molecular formula is C28H30F4N2O9S. The maximum atomic E-state index is 14.9. The van der Waals surface area contributed by atoms with Gasteiger partial charge in [-0.3, -0.25) is 14.4 Å². The van der Waals surface area contributed by atoms with Crippen LogP contribution in [0.4, 0.5) is 23.2 Å². The van der Waals surface area contributed by atoms with Gasteiger partial charge in [-0.25, -0.2) is 12.8 Å². The third-order valence-corrected chi connectivity index (χ3v) is 9.28. The number of sulfone groups is 1. The van der Waals surface area contributed by atoms with Crippen molar-refractivity contribution in [3.63, 3.8) is 0 Å². The van der Waals surface area contributed by atoms with Crippen molar-refractivity contribution in [2.24, 2.45) is 11.3 Å². The minimum absolute atomic E-state index is 0.108.